The van der Waals surface area contributed by atoms with Crippen LogP contribution in [0.3, 0.4) is 0 Å². The molecule has 2 atom stereocenters. The highest BCUT2D eigenvalue weighted by Gasteiger charge is 2.47. The molecular weight excluding hydrogens is 478 g/mol. The largest absolute Gasteiger partial charge is 0.444 e. The molecule has 202 valence electrons. The van der Waals surface area contributed by atoms with Crippen molar-refractivity contribution in [3.8, 4) is 0 Å². The van der Waals surface area contributed by atoms with Crippen LogP contribution in [0.15, 0.2) is 30.3 Å². The van der Waals surface area contributed by atoms with Gasteiger partial charge in [0.1, 0.15) is 18.2 Å². The topological polar surface area (TPSA) is 112 Å². The summed E-state index contributed by atoms with van der Waals surface area (Å²) >= 11 is 0. The average Bonchev–Trinajstić information content (AvgIpc) is 3.10. The fourth-order valence-electron chi connectivity index (χ4n) is 4.81. The summed E-state index contributed by atoms with van der Waals surface area (Å²) < 4.78 is 5.40. The number of carbonyl (C=O) groups is 4. The summed E-state index contributed by atoms with van der Waals surface area (Å²) in [6.07, 6.45) is 0.833. The highest BCUT2D eigenvalue weighted by Crippen LogP contribution is 2.30. The first-order valence-electron chi connectivity index (χ1n) is 12.9. The molecule has 37 heavy (non-hydrogen) atoms. The third-order valence-electron chi connectivity index (χ3n) is 6.72. The Morgan fingerprint density at radius 1 is 1.03 bits per heavy atom. The van der Waals surface area contributed by atoms with Gasteiger partial charge in [-0.25, -0.2) is 9.59 Å². The van der Waals surface area contributed by atoms with E-state index in [0.29, 0.717) is 45.6 Å². The lowest BCUT2D eigenvalue weighted by atomic mass is 10.0. The molecule has 3 saturated heterocycles. The number of carbonyl (C=O) groups excluding carboxylic acids is 4. The SMILES string of the molecule is CC(C)(C)OC(=O)N1CCN(CC(=O)CNC(=O)[C@@H]2CC[C@@H]3CN2C(=O)N3OCc2ccccc2)CC1. The van der Waals surface area contributed by atoms with Gasteiger partial charge in [0.05, 0.1) is 19.1 Å². The number of ketones is 1. The summed E-state index contributed by atoms with van der Waals surface area (Å²) in [6, 6.07) is 8.61. The van der Waals surface area contributed by atoms with Crippen LogP contribution >= 0.6 is 0 Å². The van der Waals surface area contributed by atoms with E-state index in [4.69, 9.17) is 9.57 Å². The molecule has 0 aliphatic carbocycles. The van der Waals surface area contributed by atoms with Crippen LogP contribution < -0.4 is 5.32 Å². The van der Waals surface area contributed by atoms with Gasteiger partial charge in [0.15, 0.2) is 5.78 Å². The van der Waals surface area contributed by atoms with E-state index in [1.54, 1.807) is 4.90 Å². The van der Waals surface area contributed by atoms with Crippen LogP contribution in [0.25, 0.3) is 0 Å². The molecule has 3 heterocycles. The zero-order chi connectivity index (χ0) is 26.6. The number of hydroxylamine groups is 2. The number of urea groups is 1. The number of amides is 4. The third kappa shape index (κ3) is 6.98. The zero-order valence-electron chi connectivity index (χ0n) is 21.9. The number of piperidine rings is 1. The van der Waals surface area contributed by atoms with Gasteiger partial charge in [-0.3, -0.25) is 19.3 Å². The second kappa shape index (κ2) is 11.5. The van der Waals surface area contributed by atoms with Gasteiger partial charge in [0.2, 0.25) is 5.91 Å². The van der Waals surface area contributed by atoms with E-state index < -0.39 is 11.6 Å². The monoisotopic (exact) mass is 515 g/mol. The highest BCUT2D eigenvalue weighted by molar-refractivity contribution is 5.92. The summed E-state index contributed by atoms with van der Waals surface area (Å²) in [7, 11) is 0. The second-order valence-corrected chi connectivity index (χ2v) is 10.8. The fraction of sp³-hybridized carbons (Fsp3) is 0.615. The van der Waals surface area contributed by atoms with Crippen molar-refractivity contribution in [2.75, 3.05) is 45.8 Å². The summed E-state index contributed by atoms with van der Waals surface area (Å²) in [5.74, 6) is -0.437. The second-order valence-electron chi connectivity index (χ2n) is 10.8. The Morgan fingerprint density at radius 3 is 2.41 bits per heavy atom. The van der Waals surface area contributed by atoms with Crippen molar-refractivity contribution in [2.24, 2.45) is 0 Å². The molecule has 0 aromatic heterocycles. The Morgan fingerprint density at radius 2 is 1.73 bits per heavy atom. The van der Waals surface area contributed by atoms with E-state index in [1.165, 1.54) is 9.96 Å². The van der Waals surface area contributed by atoms with E-state index in [9.17, 15) is 19.2 Å². The van der Waals surface area contributed by atoms with Crippen molar-refractivity contribution < 1.29 is 28.8 Å². The number of ether oxygens (including phenoxy) is 1. The van der Waals surface area contributed by atoms with E-state index in [0.717, 1.165) is 5.56 Å². The van der Waals surface area contributed by atoms with Crippen LogP contribution in [0.4, 0.5) is 9.59 Å². The van der Waals surface area contributed by atoms with Crippen molar-refractivity contribution in [3.63, 3.8) is 0 Å². The van der Waals surface area contributed by atoms with Crippen molar-refractivity contribution in [1.82, 2.24) is 25.1 Å². The van der Waals surface area contributed by atoms with Gasteiger partial charge in [0.25, 0.3) is 0 Å². The number of nitrogens with one attached hydrogen (secondary N) is 1. The maximum Gasteiger partial charge on any atom is 0.410 e. The Hall–Kier alpha value is -3.18. The molecule has 11 nitrogen and oxygen atoms in total. The number of fused-ring (bicyclic) bond motifs is 2. The van der Waals surface area contributed by atoms with Crippen LogP contribution in [-0.2, 0) is 25.8 Å². The van der Waals surface area contributed by atoms with Gasteiger partial charge in [0, 0.05) is 32.7 Å². The van der Waals surface area contributed by atoms with Gasteiger partial charge < -0.3 is 19.9 Å². The van der Waals surface area contributed by atoms with Gasteiger partial charge in [-0.1, -0.05) is 30.3 Å². The molecule has 3 aliphatic heterocycles. The normalized spacial score (nSPS) is 22.2. The summed E-state index contributed by atoms with van der Waals surface area (Å²) in [6.45, 7) is 8.39. The molecule has 1 aromatic rings. The first-order valence-corrected chi connectivity index (χ1v) is 12.9. The molecule has 3 fully saturated rings. The molecule has 0 unspecified atom stereocenters. The minimum absolute atomic E-state index is 0.0822. The maximum atomic E-state index is 12.9. The van der Waals surface area contributed by atoms with Crippen LogP contribution in [-0.4, -0.2) is 107 Å². The predicted molar refractivity (Wildman–Crippen MR) is 134 cm³/mol. The van der Waals surface area contributed by atoms with E-state index in [2.05, 4.69) is 5.32 Å². The van der Waals surface area contributed by atoms with Crippen molar-refractivity contribution >= 4 is 23.8 Å². The number of hydrogen-bond acceptors (Lipinski definition) is 7. The molecule has 1 N–H and O–H groups in total. The fourth-order valence-corrected chi connectivity index (χ4v) is 4.81. The molecular formula is C26H37N5O6. The van der Waals surface area contributed by atoms with E-state index in [-0.39, 0.29) is 49.6 Å². The lowest BCUT2D eigenvalue weighted by Crippen LogP contribution is -2.53. The molecule has 1 aromatic carbocycles. The number of hydrogen-bond donors (Lipinski definition) is 1. The molecule has 0 radical (unpaired) electrons. The lowest BCUT2D eigenvalue weighted by molar-refractivity contribution is -0.140. The van der Waals surface area contributed by atoms with Crippen molar-refractivity contribution in [1.29, 1.82) is 0 Å². The highest BCUT2D eigenvalue weighted by atomic mass is 16.7. The molecule has 0 spiro atoms. The van der Waals surface area contributed by atoms with Gasteiger partial charge >= 0.3 is 12.1 Å². The third-order valence-corrected chi connectivity index (χ3v) is 6.72. The molecule has 11 heteroatoms. The number of piperazine rings is 1. The Balaban J connectivity index is 1.18. The van der Waals surface area contributed by atoms with Crippen LogP contribution in [0.2, 0.25) is 0 Å². The standard InChI is InChI=1S/C26H37N5O6/c1-26(2,3)37-25(35)29-13-11-28(12-14-29)17-21(32)15-27-23(33)22-10-9-20-16-30(22)24(34)31(20)36-18-19-7-5-4-6-8-19/h4-8,20,22H,9-18H2,1-3H3,(H,27,33)/t20-,22+/m1/s1. The smallest absolute Gasteiger partial charge is 0.410 e. The predicted octanol–water partition coefficient (Wildman–Crippen LogP) is 1.62. The Labute approximate surface area is 217 Å². The summed E-state index contributed by atoms with van der Waals surface area (Å²) in [5.41, 5.74) is 0.417. The molecule has 4 rings (SSSR count). The summed E-state index contributed by atoms with van der Waals surface area (Å²) in [4.78, 5) is 61.4. The number of Topliss-reactive ketones (excluding diaryl/α,β-unsaturated/α-hetero) is 1. The first-order chi connectivity index (χ1) is 17.6. The lowest BCUT2D eigenvalue weighted by Gasteiger charge is -2.35. The zero-order valence-corrected chi connectivity index (χ0v) is 21.9. The quantitative estimate of drug-likeness (QED) is 0.560. The van der Waals surface area contributed by atoms with Gasteiger partial charge in [-0.2, -0.15) is 5.06 Å². The minimum Gasteiger partial charge on any atom is -0.444 e. The maximum absolute atomic E-state index is 12.9. The molecule has 4 amide bonds. The van der Waals surface area contributed by atoms with Gasteiger partial charge in [-0.05, 0) is 39.2 Å². The number of nitrogens with zero attached hydrogens (tertiary/aromatic N) is 4. The Kier molecular flexibility index (Phi) is 8.33. The minimum atomic E-state index is -0.612. The van der Waals surface area contributed by atoms with Crippen LogP contribution in [0.5, 0.6) is 0 Å². The molecule has 0 saturated carbocycles. The summed E-state index contributed by atoms with van der Waals surface area (Å²) in [5, 5.41) is 4.11. The van der Waals surface area contributed by atoms with E-state index >= 15 is 0 Å². The van der Waals surface area contributed by atoms with Crippen molar-refractivity contribution in [3.05, 3.63) is 35.9 Å². The van der Waals surface area contributed by atoms with E-state index in [1.807, 2.05) is 56.0 Å². The van der Waals surface area contributed by atoms with Crippen molar-refractivity contribution in [2.45, 2.75) is 57.9 Å². The van der Waals surface area contributed by atoms with Crippen LogP contribution in [0, 0.1) is 0 Å². The Bertz CT molecular complexity index is 989. The number of benzene rings is 1. The van der Waals surface area contributed by atoms with Gasteiger partial charge in [-0.15, -0.1) is 0 Å². The molecule has 3 aliphatic rings. The number of rotatable bonds is 8. The molecule has 2 bridgehead atoms. The van der Waals surface area contributed by atoms with Crippen LogP contribution in [0.1, 0.15) is 39.2 Å². The first kappa shape index (κ1) is 26.9. The average molecular weight is 516 g/mol.